The first kappa shape index (κ1) is 16.9. The molecule has 0 atom stereocenters. The van der Waals surface area contributed by atoms with Gasteiger partial charge in [-0.25, -0.2) is 0 Å². The molecule has 3 N–H and O–H groups in total. The van der Waals surface area contributed by atoms with E-state index in [1.165, 1.54) is 6.92 Å². The molecular weight excluding hydrogens is 414 g/mol. The summed E-state index contributed by atoms with van der Waals surface area (Å²) in [6.45, 7) is 1.11. The van der Waals surface area contributed by atoms with Crippen molar-refractivity contribution in [2.45, 2.75) is 6.92 Å². The summed E-state index contributed by atoms with van der Waals surface area (Å²) in [5.74, 6) is -0.230. The molecule has 1 aromatic carbocycles. The molecule has 0 spiro atoms. The molecule has 0 unspecified atom stereocenters. The van der Waals surface area contributed by atoms with Gasteiger partial charge in [-0.2, -0.15) is 0 Å². The molecule has 0 aliphatic carbocycles. The van der Waals surface area contributed by atoms with E-state index in [0.717, 1.165) is 8.95 Å². The Labute approximate surface area is 137 Å². The van der Waals surface area contributed by atoms with E-state index in [1.54, 1.807) is 18.2 Å². The number of hydrazine groups is 1. The van der Waals surface area contributed by atoms with E-state index >= 15 is 0 Å². The number of benzene rings is 1. The van der Waals surface area contributed by atoms with Gasteiger partial charge >= 0.3 is 0 Å². The summed E-state index contributed by atoms with van der Waals surface area (Å²) in [5, 5.41) is 2.31. The maximum atomic E-state index is 11.5. The van der Waals surface area contributed by atoms with Crippen LogP contribution >= 0.6 is 44.1 Å². The summed E-state index contributed by atoms with van der Waals surface area (Å²) < 4.78 is 6.93. The second-order valence-electron chi connectivity index (χ2n) is 3.55. The fourth-order valence-corrected chi connectivity index (χ4v) is 2.45. The maximum Gasteiger partial charge on any atom is 0.276 e. The molecule has 0 bridgehead atoms. The lowest BCUT2D eigenvalue weighted by Gasteiger charge is -2.11. The topological polar surface area (TPSA) is 79.5 Å². The quantitative estimate of drug-likeness (QED) is 0.507. The molecule has 20 heavy (non-hydrogen) atoms. The van der Waals surface area contributed by atoms with E-state index in [-0.39, 0.29) is 17.6 Å². The van der Waals surface area contributed by atoms with E-state index in [1.807, 2.05) is 0 Å². The molecule has 1 rings (SSSR count). The zero-order chi connectivity index (χ0) is 15.1. The normalized spacial score (nSPS) is 9.55. The first-order valence-corrected chi connectivity index (χ1v) is 7.32. The van der Waals surface area contributed by atoms with Crippen LogP contribution in [0.25, 0.3) is 0 Å². The Morgan fingerprint density at radius 2 is 2.00 bits per heavy atom. The Balaban J connectivity index is 2.36. The Morgan fingerprint density at radius 1 is 1.30 bits per heavy atom. The predicted octanol–water partition coefficient (Wildman–Crippen LogP) is 1.63. The summed E-state index contributed by atoms with van der Waals surface area (Å²) in [6, 6.07) is 5.32. The molecule has 6 nitrogen and oxygen atoms in total. The number of nitrogens with one attached hydrogen (secondary N) is 3. The largest absolute Gasteiger partial charge is 0.483 e. The number of amides is 2. The van der Waals surface area contributed by atoms with Gasteiger partial charge in [0, 0.05) is 11.4 Å². The molecule has 0 heterocycles. The van der Waals surface area contributed by atoms with Crippen molar-refractivity contribution >= 4 is 61.0 Å². The zero-order valence-corrected chi connectivity index (χ0v) is 14.3. The van der Waals surface area contributed by atoms with Crippen molar-refractivity contribution in [2.75, 3.05) is 6.61 Å². The standard InChI is InChI=1S/C11H11Br2N3O3S/c1-6(17)14-11(20)16-15-10(18)5-19-9-3-2-7(12)4-8(9)13/h2-4H,5H2,1H3,(H,15,18)(H2,14,16,17,20). The van der Waals surface area contributed by atoms with Crippen LogP contribution in [0, 0.1) is 0 Å². The van der Waals surface area contributed by atoms with Crippen LogP contribution in [0.15, 0.2) is 27.1 Å². The molecule has 0 fully saturated rings. The van der Waals surface area contributed by atoms with Gasteiger partial charge in [0.2, 0.25) is 5.91 Å². The van der Waals surface area contributed by atoms with Crippen molar-refractivity contribution in [1.82, 2.24) is 16.2 Å². The minimum atomic E-state index is -0.437. The second kappa shape index (κ2) is 8.18. The first-order chi connectivity index (χ1) is 9.38. The summed E-state index contributed by atoms with van der Waals surface area (Å²) in [6.07, 6.45) is 0. The fraction of sp³-hybridized carbons (Fsp3) is 0.182. The fourth-order valence-electron chi connectivity index (χ4n) is 1.09. The lowest BCUT2D eigenvalue weighted by atomic mass is 10.3. The molecule has 0 aliphatic heterocycles. The molecule has 0 aromatic heterocycles. The van der Waals surface area contributed by atoms with Gasteiger partial charge in [-0.15, -0.1) is 0 Å². The highest BCUT2D eigenvalue weighted by atomic mass is 79.9. The molecule has 0 saturated heterocycles. The third-order valence-electron chi connectivity index (χ3n) is 1.86. The van der Waals surface area contributed by atoms with Crippen LogP contribution in [-0.4, -0.2) is 23.5 Å². The highest BCUT2D eigenvalue weighted by molar-refractivity contribution is 9.11. The van der Waals surface area contributed by atoms with Crippen LogP contribution in [0.3, 0.4) is 0 Å². The highest BCUT2D eigenvalue weighted by Crippen LogP contribution is 2.27. The first-order valence-electron chi connectivity index (χ1n) is 5.32. The molecule has 2 amide bonds. The van der Waals surface area contributed by atoms with Crippen LogP contribution in [0.4, 0.5) is 0 Å². The Bertz CT molecular complexity index is 540. The number of carbonyl (C=O) groups excluding carboxylic acids is 2. The van der Waals surface area contributed by atoms with Crippen molar-refractivity contribution in [2.24, 2.45) is 0 Å². The van der Waals surface area contributed by atoms with Gasteiger partial charge in [0.1, 0.15) is 5.75 Å². The Hall–Kier alpha value is -1.19. The zero-order valence-electron chi connectivity index (χ0n) is 10.3. The molecular formula is C11H11Br2N3O3S. The predicted molar refractivity (Wildman–Crippen MR) is 85.0 cm³/mol. The van der Waals surface area contributed by atoms with Crippen LogP contribution in [0.2, 0.25) is 0 Å². The van der Waals surface area contributed by atoms with Gasteiger partial charge in [0.25, 0.3) is 5.91 Å². The van der Waals surface area contributed by atoms with Crippen LogP contribution in [-0.2, 0) is 9.59 Å². The minimum absolute atomic E-state index is 0.00988. The van der Waals surface area contributed by atoms with E-state index in [0.29, 0.717) is 5.75 Å². The monoisotopic (exact) mass is 423 g/mol. The van der Waals surface area contributed by atoms with E-state index in [4.69, 9.17) is 17.0 Å². The average Bonchev–Trinajstić information content (AvgIpc) is 2.34. The molecule has 108 valence electrons. The number of carbonyl (C=O) groups is 2. The lowest BCUT2D eigenvalue weighted by molar-refractivity contribution is -0.124. The van der Waals surface area contributed by atoms with E-state index in [2.05, 4.69) is 48.0 Å². The summed E-state index contributed by atoms with van der Waals surface area (Å²) in [7, 11) is 0. The average molecular weight is 425 g/mol. The van der Waals surface area contributed by atoms with Crippen LogP contribution in [0.5, 0.6) is 5.75 Å². The maximum absolute atomic E-state index is 11.5. The molecule has 0 aliphatic rings. The second-order valence-corrected chi connectivity index (χ2v) is 5.73. The highest BCUT2D eigenvalue weighted by Gasteiger charge is 2.06. The third-order valence-corrected chi connectivity index (χ3v) is 3.17. The van der Waals surface area contributed by atoms with Crippen molar-refractivity contribution in [3.63, 3.8) is 0 Å². The van der Waals surface area contributed by atoms with Gasteiger partial charge in [-0.3, -0.25) is 20.4 Å². The summed E-state index contributed by atoms with van der Waals surface area (Å²) >= 11 is 11.4. The number of ether oxygens (including phenoxy) is 1. The Kier molecular flexibility index (Phi) is 6.89. The smallest absolute Gasteiger partial charge is 0.276 e. The Morgan fingerprint density at radius 3 is 2.60 bits per heavy atom. The molecule has 1 aromatic rings. The van der Waals surface area contributed by atoms with Gasteiger partial charge in [-0.05, 0) is 46.3 Å². The van der Waals surface area contributed by atoms with Crippen molar-refractivity contribution in [1.29, 1.82) is 0 Å². The minimum Gasteiger partial charge on any atom is -0.483 e. The number of halogens is 2. The van der Waals surface area contributed by atoms with Crippen molar-refractivity contribution < 1.29 is 14.3 Å². The summed E-state index contributed by atoms with van der Waals surface area (Å²) in [5.41, 5.74) is 4.67. The van der Waals surface area contributed by atoms with Crippen LogP contribution in [0.1, 0.15) is 6.92 Å². The number of rotatable bonds is 3. The molecule has 9 heteroatoms. The van der Waals surface area contributed by atoms with E-state index < -0.39 is 5.91 Å². The third kappa shape index (κ3) is 6.31. The molecule has 0 radical (unpaired) electrons. The van der Waals surface area contributed by atoms with Gasteiger partial charge < -0.3 is 10.1 Å². The lowest BCUT2D eigenvalue weighted by Crippen LogP contribution is -2.49. The number of hydrogen-bond donors (Lipinski definition) is 3. The van der Waals surface area contributed by atoms with Gasteiger partial charge in [-0.1, -0.05) is 15.9 Å². The van der Waals surface area contributed by atoms with E-state index in [9.17, 15) is 9.59 Å². The van der Waals surface area contributed by atoms with Crippen LogP contribution < -0.4 is 20.9 Å². The summed E-state index contributed by atoms with van der Waals surface area (Å²) in [4.78, 5) is 22.2. The molecule has 0 saturated carbocycles. The van der Waals surface area contributed by atoms with Gasteiger partial charge in [0.05, 0.1) is 4.47 Å². The SMILES string of the molecule is CC(=O)NC(=S)NNC(=O)COc1ccc(Br)cc1Br. The number of hydrogen-bond acceptors (Lipinski definition) is 4. The number of thiocarbonyl (C=S) groups is 1. The van der Waals surface area contributed by atoms with Crippen molar-refractivity contribution in [3.05, 3.63) is 27.1 Å². The van der Waals surface area contributed by atoms with Gasteiger partial charge in [0.15, 0.2) is 11.7 Å². The van der Waals surface area contributed by atoms with Crippen molar-refractivity contribution in [3.8, 4) is 5.75 Å².